The Morgan fingerprint density at radius 2 is 0.421 bits per heavy atom. The first-order valence-corrected chi connectivity index (χ1v) is 48.1. The van der Waals surface area contributed by atoms with Gasteiger partial charge in [0.1, 0.15) is 44.7 Å². The Labute approximate surface area is 796 Å². The van der Waals surface area contributed by atoms with Crippen LogP contribution in [0.4, 0.5) is 0 Å². The summed E-state index contributed by atoms with van der Waals surface area (Å²) >= 11 is 0. The highest BCUT2D eigenvalue weighted by Crippen LogP contribution is 2.57. The second-order valence-corrected chi connectivity index (χ2v) is 38.7. The number of rotatable bonds is 0. The van der Waals surface area contributed by atoms with Crippen molar-refractivity contribution in [3.05, 3.63) is 431 Å². The van der Waals surface area contributed by atoms with Gasteiger partial charge in [0.05, 0.1) is 68.9 Å². The van der Waals surface area contributed by atoms with Crippen LogP contribution < -0.4 is 0 Å². The maximum atomic E-state index is 5.04. The lowest BCUT2D eigenvalue weighted by Gasteiger charge is -2.13. The molecule has 36 rings (SSSR count). The molecule has 0 saturated carbocycles. The third-order valence-corrected chi connectivity index (χ3v) is 32.1. The van der Waals surface area contributed by atoms with E-state index >= 15 is 0 Å². The van der Waals surface area contributed by atoms with E-state index in [1.54, 1.807) is 0 Å². The van der Waals surface area contributed by atoms with Crippen LogP contribution in [0.5, 0.6) is 0 Å². The van der Waals surface area contributed by atoms with Gasteiger partial charge < -0.3 is 0 Å². The van der Waals surface area contributed by atoms with Crippen LogP contribution in [-0.4, -0.2) is 77.4 Å². The highest BCUT2D eigenvalue weighted by Gasteiger charge is 2.37. The average molecular weight is 1790 g/mol. The molecule has 16 heteroatoms. The van der Waals surface area contributed by atoms with Crippen LogP contribution in [0.1, 0.15) is 89.0 Å². The van der Waals surface area contributed by atoms with E-state index < -0.39 is 0 Å². The van der Waals surface area contributed by atoms with Gasteiger partial charge in [-0.05, 0) is 314 Å². The summed E-state index contributed by atoms with van der Waals surface area (Å²) in [5.74, 6) is 0. The molecule has 0 unspecified atom stereocenters. The maximum absolute atomic E-state index is 5.04. The summed E-state index contributed by atoms with van der Waals surface area (Å²) in [5.41, 5.74) is 61.5. The van der Waals surface area contributed by atoms with E-state index in [9.17, 15) is 0 Å². The van der Waals surface area contributed by atoms with Crippen molar-refractivity contribution in [3.8, 4) is 89.0 Å². The standard InChI is InChI=1S/4C31H18N4/c1-2-4-20-17(3-1)11-18-12-24-19(13-23(18)20)14-25-21(24)5-6-22-30(25)26-15-32-9-7-28(26)35-29-8-10-33-16-27(29)34-31(22)35;1-2-4-19-17(3-1)13-23-20(19)6-5-18-14-24-21(29(18)23)7-8-22-30(24)25-15-32-11-9-27(25)35-28-10-12-33-16-26(28)34-31(22)35;1-2-4-19-17(3-1)13-18-5-6-20-21-7-8-22-30(24(21)14-23(20)29(18)19)25-15-32-11-9-27(25)35-28-10-12-33-16-26(28)34-31(22)35;1-2-4-18-17(3-1)13-23-19(18)5-6-20-21-7-8-22-30(25(21)14-24(20)23)26-15-32-11-9-28(26)35-29-10-12-33-16-27(29)34-31(22)35/h1-10,12-13,15-16H,11,14H2;3*1-12,15-16H,13-14H2. The normalized spacial score (nSPS) is 13.5. The molecule has 8 aliphatic rings. The maximum Gasteiger partial charge on any atom is 0.146 e. The summed E-state index contributed by atoms with van der Waals surface area (Å²) in [4.78, 5) is 55.6. The molecule has 0 atom stereocenters. The number of imidazole rings is 4. The van der Waals surface area contributed by atoms with Gasteiger partial charge in [-0.25, -0.2) is 19.9 Å². The molecular formula is C124H72N16. The third-order valence-electron chi connectivity index (χ3n) is 32.1. The third kappa shape index (κ3) is 10.1. The van der Waals surface area contributed by atoms with Crippen molar-refractivity contribution in [3.63, 3.8) is 0 Å². The van der Waals surface area contributed by atoms with Gasteiger partial charge in [0.25, 0.3) is 0 Å². The van der Waals surface area contributed by atoms with Crippen molar-refractivity contribution < 1.29 is 0 Å². The molecule has 0 saturated heterocycles. The lowest BCUT2D eigenvalue weighted by atomic mass is 9.93. The van der Waals surface area contributed by atoms with E-state index in [4.69, 9.17) is 19.9 Å². The van der Waals surface area contributed by atoms with E-state index in [1.165, 1.54) is 243 Å². The van der Waals surface area contributed by atoms with Crippen molar-refractivity contribution in [2.75, 3.05) is 0 Å². The number of fused-ring (bicyclic) bond motifs is 63. The minimum absolute atomic E-state index is 0.913. The van der Waals surface area contributed by atoms with E-state index in [1.807, 2.05) is 123 Å². The van der Waals surface area contributed by atoms with E-state index in [0.717, 1.165) is 140 Å². The quantitative estimate of drug-likeness (QED) is 0.132. The smallest absolute Gasteiger partial charge is 0.146 e. The van der Waals surface area contributed by atoms with E-state index in [2.05, 4.69) is 276 Å². The number of benzene rings is 12. The molecule has 0 aliphatic heterocycles. The summed E-state index contributed by atoms with van der Waals surface area (Å²) in [7, 11) is 0. The SMILES string of the molecule is c1ccc2c(c1)Cc1c-2ccc2c1-c1ccc3c(c1C2)c1cnccc1n1c2ccncc2nc31.c1ccc2c(c1)Cc1c-2ccc2c1Cc1c-2ccc2c1c1cnccc1n1c3ccncc3nc21.c1ccc2c(c1)Cc1cc3c(cc1-2)Cc1c-3ccc2c1c1cnccc1n1c3ccncc3nc21.c1ccc2c(c1)Cc1ccc3c(c1-2)Cc1c-3ccc2c1c1cnccc1n1c3ccncc3nc21. The van der Waals surface area contributed by atoms with Crippen LogP contribution in [0.2, 0.25) is 0 Å². The zero-order chi connectivity index (χ0) is 90.7. The Morgan fingerprint density at radius 3 is 0.879 bits per heavy atom. The van der Waals surface area contributed by atoms with Crippen LogP contribution in [0.25, 0.3) is 242 Å². The minimum atomic E-state index is 0.913. The zero-order valence-electron chi connectivity index (χ0n) is 75.1. The monoisotopic (exact) mass is 1780 g/mol. The topological polar surface area (TPSA) is 172 Å². The van der Waals surface area contributed by atoms with Gasteiger partial charge in [0, 0.05) is 139 Å². The summed E-state index contributed by atoms with van der Waals surface area (Å²) in [6, 6.07) is 89.2. The molecule has 16 nitrogen and oxygen atoms in total. The van der Waals surface area contributed by atoms with Crippen LogP contribution in [0.3, 0.4) is 0 Å². The predicted octanol–water partition coefficient (Wildman–Crippen LogP) is 26.9. The Kier molecular flexibility index (Phi) is 14.9. The van der Waals surface area contributed by atoms with Gasteiger partial charge in [-0.2, -0.15) is 0 Å². The Balaban J connectivity index is 0.0000000829. The van der Waals surface area contributed by atoms with E-state index in [-0.39, 0.29) is 0 Å². The number of aromatic nitrogens is 16. The summed E-state index contributed by atoms with van der Waals surface area (Å²) < 4.78 is 9.05. The molecule has 8 aliphatic carbocycles. The highest BCUT2D eigenvalue weighted by atomic mass is 15.1. The fourth-order valence-electron chi connectivity index (χ4n) is 26.4. The lowest BCUT2D eigenvalue weighted by molar-refractivity contribution is 1.17. The molecular weight excluding hydrogens is 1710 g/mol. The summed E-state index contributed by atoms with van der Waals surface area (Å²) in [6.45, 7) is 0. The van der Waals surface area contributed by atoms with Crippen LogP contribution >= 0.6 is 0 Å². The number of pyridine rings is 12. The Bertz CT molecular complexity index is 10600. The van der Waals surface area contributed by atoms with Gasteiger partial charge in [0.2, 0.25) is 0 Å². The molecule has 0 bridgehead atoms. The molecule has 140 heavy (non-hydrogen) atoms. The van der Waals surface area contributed by atoms with Gasteiger partial charge in [0.15, 0.2) is 0 Å². The molecule has 0 N–H and O–H groups in total. The first-order chi connectivity index (χ1) is 69.4. The molecule has 28 aromatic rings. The molecule has 16 heterocycles. The largest absolute Gasteiger partial charge is 0.291 e. The van der Waals surface area contributed by atoms with Gasteiger partial charge >= 0.3 is 0 Å². The number of hydrogen-bond donors (Lipinski definition) is 0. The van der Waals surface area contributed by atoms with Crippen LogP contribution in [-0.2, 0) is 51.4 Å². The molecule has 16 aromatic heterocycles. The van der Waals surface area contributed by atoms with E-state index in [0.29, 0.717) is 0 Å². The van der Waals surface area contributed by atoms with Crippen molar-refractivity contribution >= 4 is 153 Å². The number of hydrogen-bond acceptors (Lipinski definition) is 12. The first-order valence-electron chi connectivity index (χ1n) is 48.1. The Morgan fingerprint density at radius 1 is 0.164 bits per heavy atom. The second kappa shape index (κ2) is 27.7. The molecule has 0 spiro atoms. The van der Waals surface area contributed by atoms with Gasteiger partial charge in [-0.1, -0.05) is 158 Å². The fourth-order valence-corrected chi connectivity index (χ4v) is 26.4. The average Bonchev–Trinajstić information content (AvgIpc) is 1.55. The summed E-state index contributed by atoms with van der Waals surface area (Å²) in [6.07, 6.45) is 38.2. The molecule has 12 aromatic carbocycles. The van der Waals surface area contributed by atoms with Crippen molar-refractivity contribution in [2.45, 2.75) is 51.4 Å². The molecule has 0 radical (unpaired) electrons. The predicted molar refractivity (Wildman–Crippen MR) is 559 cm³/mol. The van der Waals surface area contributed by atoms with Crippen LogP contribution in [0.15, 0.2) is 342 Å². The molecule has 0 amide bonds. The second-order valence-electron chi connectivity index (χ2n) is 38.7. The van der Waals surface area contributed by atoms with Crippen molar-refractivity contribution in [1.29, 1.82) is 0 Å². The lowest BCUT2D eigenvalue weighted by Crippen LogP contribution is -1.95. The molecule has 648 valence electrons. The zero-order valence-corrected chi connectivity index (χ0v) is 75.1. The minimum Gasteiger partial charge on any atom is -0.291 e. The first kappa shape index (κ1) is 75.1. The van der Waals surface area contributed by atoms with Gasteiger partial charge in [-0.15, -0.1) is 0 Å². The molecule has 0 fully saturated rings. The van der Waals surface area contributed by atoms with Crippen molar-refractivity contribution in [2.24, 2.45) is 0 Å². The van der Waals surface area contributed by atoms with Crippen LogP contribution in [0, 0.1) is 0 Å². The Hall–Kier alpha value is -18.3. The highest BCUT2D eigenvalue weighted by molar-refractivity contribution is 6.22. The van der Waals surface area contributed by atoms with Crippen molar-refractivity contribution in [1.82, 2.24) is 77.4 Å². The van der Waals surface area contributed by atoms with Gasteiger partial charge in [-0.3, -0.25) is 57.5 Å². The number of nitrogens with zero attached hydrogens (tertiary/aromatic N) is 16. The fraction of sp³-hybridized carbons (Fsp3) is 0.0645. The summed E-state index contributed by atoms with van der Waals surface area (Å²) in [5, 5.41) is 14.5.